The van der Waals surface area contributed by atoms with Crippen LogP contribution in [0.25, 0.3) is 0 Å². The minimum absolute atomic E-state index is 0.0223. The molecule has 194 valence electrons. The first-order valence-electron chi connectivity index (χ1n) is 12.7. The second-order valence-corrected chi connectivity index (χ2v) is 11.0. The molecule has 0 N–H and O–H groups in total. The Hall–Kier alpha value is -2.87. The van der Waals surface area contributed by atoms with Gasteiger partial charge in [-0.25, -0.2) is 0 Å². The average molecular weight is 539 g/mol. The summed E-state index contributed by atoms with van der Waals surface area (Å²) in [7, 11) is 0. The second kappa shape index (κ2) is 11.7. The van der Waals surface area contributed by atoms with Crippen molar-refractivity contribution >= 4 is 34.8 Å². The molecule has 0 bridgehead atoms. The molecule has 3 heterocycles. The van der Waals surface area contributed by atoms with Crippen LogP contribution in [0.3, 0.4) is 0 Å². The Morgan fingerprint density at radius 3 is 2.84 bits per heavy atom. The highest BCUT2D eigenvalue weighted by atomic mass is 35.5. The van der Waals surface area contributed by atoms with Crippen LogP contribution in [0.2, 0.25) is 5.02 Å². The molecule has 37 heavy (non-hydrogen) atoms. The van der Waals surface area contributed by atoms with Gasteiger partial charge in [0.1, 0.15) is 18.9 Å². The normalized spacial score (nSPS) is 18.9. The summed E-state index contributed by atoms with van der Waals surface area (Å²) in [6, 6.07) is 16.6. The molecule has 8 heteroatoms. The molecule has 1 aromatic heterocycles. The van der Waals surface area contributed by atoms with Gasteiger partial charge >= 0.3 is 0 Å². The van der Waals surface area contributed by atoms with Crippen molar-refractivity contribution in [3.8, 4) is 5.75 Å². The Labute approximate surface area is 226 Å². The number of hydrogen-bond donors (Lipinski definition) is 0. The van der Waals surface area contributed by atoms with Gasteiger partial charge < -0.3 is 19.3 Å². The van der Waals surface area contributed by atoms with E-state index < -0.39 is 0 Å². The minimum Gasteiger partial charge on any atom is -0.491 e. The number of thiophene rings is 1. The molecule has 3 aromatic rings. The third kappa shape index (κ3) is 6.00. The fourth-order valence-corrected chi connectivity index (χ4v) is 6.19. The zero-order chi connectivity index (χ0) is 25.8. The molecule has 2 aliphatic heterocycles. The highest BCUT2D eigenvalue weighted by Crippen LogP contribution is 2.34. The first-order valence-corrected chi connectivity index (χ1v) is 14.0. The van der Waals surface area contributed by atoms with E-state index in [1.54, 1.807) is 40.5 Å². The van der Waals surface area contributed by atoms with E-state index in [-0.39, 0.29) is 30.5 Å². The van der Waals surface area contributed by atoms with Crippen molar-refractivity contribution in [2.24, 2.45) is 0 Å². The van der Waals surface area contributed by atoms with E-state index >= 15 is 0 Å². The molecule has 2 atom stereocenters. The maximum absolute atomic E-state index is 13.8. The van der Waals surface area contributed by atoms with Crippen LogP contribution in [-0.2, 0) is 16.0 Å². The highest BCUT2D eigenvalue weighted by Gasteiger charge is 2.34. The number of halogens is 1. The van der Waals surface area contributed by atoms with Crippen LogP contribution in [0.5, 0.6) is 5.75 Å². The smallest absolute Gasteiger partial charge is 0.254 e. The summed E-state index contributed by atoms with van der Waals surface area (Å²) in [4.78, 5) is 32.1. The largest absolute Gasteiger partial charge is 0.491 e. The average Bonchev–Trinajstić information content (AvgIpc) is 3.59. The number of amides is 2. The Morgan fingerprint density at radius 2 is 2.05 bits per heavy atom. The van der Waals surface area contributed by atoms with Gasteiger partial charge in [-0.3, -0.25) is 9.59 Å². The third-order valence-electron chi connectivity index (χ3n) is 7.04. The summed E-state index contributed by atoms with van der Waals surface area (Å²) in [6.45, 7) is 3.99. The van der Waals surface area contributed by atoms with Gasteiger partial charge in [-0.15, -0.1) is 11.3 Å². The monoisotopic (exact) mass is 538 g/mol. The zero-order valence-corrected chi connectivity index (χ0v) is 22.5. The number of carbonyl (C=O) groups excluding carboxylic acids is 2. The Kier molecular flexibility index (Phi) is 8.13. The van der Waals surface area contributed by atoms with Crippen LogP contribution >= 0.6 is 22.9 Å². The van der Waals surface area contributed by atoms with E-state index in [4.69, 9.17) is 21.1 Å². The lowest BCUT2D eigenvalue weighted by Gasteiger charge is -2.37. The number of para-hydroxylation sites is 1. The summed E-state index contributed by atoms with van der Waals surface area (Å²) in [6.07, 6.45) is 2.57. The molecular formula is C29H31ClN2O4S. The van der Waals surface area contributed by atoms with E-state index in [0.717, 1.165) is 36.1 Å². The molecule has 1 fully saturated rings. The van der Waals surface area contributed by atoms with E-state index in [2.05, 4.69) is 11.4 Å². The molecule has 5 rings (SSSR count). The summed E-state index contributed by atoms with van der Waals surface area (Å²) in [5, 5.41) is 2.56. The number of aryl methyl sites for hydroxylation is 1. The van der Waals surface area contributed by atoms with Crippen molar-refractivity contribution in [1.29, 1.82) is 0 Å². The molecule has 1 saturated heterocycles. The lowest BCUT2D eigenvalue weighted by atomic mass is 10.00. The van der Waals surface area contributed by atoms with Crippen LogP contribution in [0.1, 0.15) is 45.2 Å². The van der Waals surface area contributed by atoms with Crippen molar-refractivity contribution in [3.63, 3.8) is 0 Å². The third-order valence-corrected chi connectivity index (χ3v) is 8.27. The molecule has 0 unspecified atom stereocenters. The molecule has 2 amide bonds. The highest BCUT2D eigenvalue weighted by molar-refractivity contribution is 7.10. The van der Waals surface area contributed by atoms with Gasteiger partial charge in [0.15, 0.2) is 0 Å². The molecule has 0 spiro atoms. The predicted octanol–water partition coefficient (Wildman–Crippen LogP) is 5.54. The summed E-state index contributed by atoms with van der Waals surface area (Å²) in [5.74, 6) is 0.504. The maximum Gasteiger partial charge on any atom is 0.254 e. The fourth-order valence-electron chi connectivity index (χ4n) is 5.07. The van der Waals surface area contributed by atoms with Crippen LogP contribution < -0.4 is 4.74 Å². The number of fused-ring (bicyclic) bond motifs is 1. The Morgan fingerprint density at radius 1 is 1.19 bits per heavy atom. The number of carbonyl (C=O) groups is 2. The Bertz CT molecular complexity index is 1260. The molecule has 0 aliphatic carbocycles. The summed E-state index contributed by atoms with van der Waals surface area (Å²) < 4.78 is 12.0. The van der Waals surface area contributed by atoms with Crippen molar-refractivity contribution < 1.29 is 19.1 Å². The number of benzene rings is 2. The molecule has 6 nitrogen and oxygen atoms in total. The van der Waals surface area contributed by atoms with E-state index in [0.29, 0.717) is 36.9 Å². The van der Waals surface area contributed by atoms with Crippen LogP contribution in [-0.4, -0.2) is 60.6 Å². The predicted molar refractivity (Wildman–Crippen MR) is 145 cm³/mol. The van der Waals surface area contributed by atoms with Gasteiger partial charge in [-0.2, -0.15) is 0 Å². The minimum atomic E-state index is -0.215. The van der Waals surface area contributed by atoms with Crippen molar-refractivity contribution in [3.05, 3.63) is 86.6 Å². The molecule has 0 radical (unpaired) electrons. The van der Waals surface area contributed by atoms with Gasteiger partial charge in [0.05, 0.1) is 12.1 Å². The maximum atomic E-state index is 13.8. The van der Waals surface area contributed by atoms with E-state index in [9.17, 15) is 9.59 Å². The van der Waals surface area contributed by atoms with Crippen molar-refractivity contribution in [2.45, 2.75) is 38.3 Å². The number of nitrogens with zero attached hydrogens (tertiary/aromatic N) is 2. The fraction of sp³-hybridized carbons (Fsp3) is 0.379. The number of hydrogen-bond acceptors (Lipinski definition) is 5. The van der Waals surface area contributed by atoms with Gasteiger partial charge in [0.2, 0.25) is 5.91 Å². The quantitative estimate of drug-likeness (QED) is 0.378. The van der Waals surface area contributed by atoms with Crippen molar-refractivity contribution in [2.75, 3.05) is 32.8 Å². The van der Waals surface area contributed by atoms with E-state index in [1.807, 2.05) is 36.1 Å². The van der Waals surface area contributed by atoms with Crippen LogP contribution in [0.4, 0.5) is 0 Å². The van der Waals surface area contributed by atoms with Gasteiger partial charge in [-0.05, 0) is 73.0 Å². The van der Waals surface area contributed by atoms with Crippen LogP contribution in [0.15, 0.2) is 60.0 Å². The SMILES string of the molecule is Cc1ccccc1OC[C@H]1c2ccsc2CCN1C(=O)CN(C[C@H]1CCCO1)C(=O)c1cccc(Cl)c1. The molecule has 0 saturated carbocycles. The standard InChI is InChI=1S/C29H31ClN2O4S/c1-20-6-2-3-10-26(20)36-19-25-24-12-15-37-27(24)11-13-32(25)28(33)18-31(17-23-9-5-14-35-23)29(34)21-7-4-8-22(30)16-21/h2-4,6-8,10,12,15-16,23,25H,5,9,11,13-14,17-19H2,1H3/t23-,25+/m1/s1. The first-order chi connectivity index (χ1) is 18.0. The molecular weight excluding hydrogens is 508 g/mol. The molecule has 2 aromatic carbocycles. The lowest BCUT2D eigenvalue weighted by molar-refractivity contribution is -0.135. The van der Waals surface area contributed by atoms with Crippen LogP contribution in [0, 0.1) is 6.92 Å². The van der Waals surface area contributed by atoms with E-state index in [1.165, 1.54) is 4.88 Å². The number of rotatable bonds is 8. The van der Waals surface area contributed by atoms with Gasteiger partial charge in [0, 0.05) is 35.2 Å². The lowest BCUT2D eigenvalue weighted by Crippen LogP contribution is -2.49. The summed E-state index contributed by atoms with van der Waals surface area (Å²) >= 11 is 7.88. The topological polar surface area (TPSA) is 59.1 Å². The zero-order valence-electron chi connectivity index (χ0n) is 20.9. The van der Waals surface area contributed by atoms with Crippen molar-refractivity contribution in [1.82, 2.24) is 9.80 Å². The molecule has 2 aliphatic rings. The van der Waals surface area contributed by atoms with Gasteiger partial charge in [-0.1, -0.05) is 35.9 Å². The second-order valence-electron chi connectivity index (χ2n) is 9.56. The number of ether oxygens (including phenoxy) is 2. The van der Waals surface area contributed by atoms with Gasteiger partial charge in [0.25, 0.3) is 5.91 Å². The Balaban J connectivity index is 1.36. The first kappa shape index (κ1) is 25.8. The summed E-state index contributed by atoms with van der Waals surface area (Å²) in [5.41, 5.74) is 2.65.